The van der Waals surface area contributed by atoms with Gasteiger partial charge in [0.15, 0.2) is 0 Å². The van der Waals surface area contributed by atoms with Crippen LogP contribution >= 0.6 is 0 Å². The molecule has 0 unspecified atom stereocenters. The summed E-state index contributed by atoms with van der Waals surface area (Å²) in [6.07, 6.45) is 8.72. The number of benzene rings is 2. The molecule has 0 bridgehead atoms. The van der Waals surface area contributed by atoms with Crippen molar-refractivity contribution >= 4 is 11.5 Å². The molecule has 0 radical (unpaired) electrons. The molecule has 0 heterocycles. The van der Waals surface area contributed by atoms with E-state index in [9.17, 15) is 4.79 Å². The molecule has 0 amide bonds. The zero-order chi connectivity index (χ0) is 17.7. The summed E-state index contributed by atoms with van der Waals surface area (Å²) in [6.45, 7) is 2.71. The van der Waals surface area contributed by atoms with Gasteiger partial charge in [-0.3, -0.25) is 0 Å². The summed E-state index contributed by atoms with van der Waals surface area (Å²) in [7, 11) is 0. The number of unbranched alkanes of at least 4 members (excludes halogenated alkanes) is 5. The Balaban J connectivity index is 1.94. The van der Waals surface area contributed by atoms with Crippen molar-refractivity contribution in [3.05, 3.63) is 77.9 Å². The highest BCUT2D eigenvalue weighted by Crippen LogP contribution is 2.23. The van der Waals surface area contributed by atoms with Crippen molar-refractivity contribution in [1.29, 1.82) is 0 Å². The van der Waals surface area contributed by atoms with Crippen molar-refractivity contribution in [3.8, 4) is 0 Å². The molecule has 2 aromatic rings. The lowest BCUT2D eigenvalue weighted by molar-refractivity contribution is -0.137. The lowest BCUT2D eigenvalue weighted by Crippen LogP contribution is -2.04. The molecule has 0 saturated heterocycles. The minimum Gasteiger partial charge on any atom is -0.463 e. The Morgan fingerprint density at radius 1 is 0.800 bits per heavy atom. The van der Waals surface area contributed by atoms with E-state index in [-0.39, 0.29) is 5.97 Å². The number of esters is 1. The highest BCUT2D eigenvalue weighted by molar-refractivity contribution is 5.96. The summed E-state index contributed by atoms with van der Waals surface area (Å²) in [4.78, 5) is 12.2. The number of carbonyl (C=O) groups excluding carboxylic acids is 1. The average molecular weight is 336 g/mol. The normalized spacial score (nSPS) is 10.3. The van der Waals surface area contributed by atoms with Gasteiger partial charge in [0.25, 0.3) is 0 Å². The van der Waals surface area contributed by atoms with E-state index >= 15 is 0 Å². The minimum atomic E-state index is -0.267. The third-order valence-corrected chi connectivity index (χ3v) is 4.17. The average Bonchev–Trinajstić information content (AvgIpc) is 2.67. The molecule has 2 nitrogen and oxygen atoms in total. The van der Waals surface area contributed by atoms with Crippen LogP contribution in [0.25, 0.3) is 5.57 Å². The Bertz CT molecular complexity index is 603. The van der Waals surface area contributed by atoms with Crippen LogP contribution in [0, 0.1) is 0 Å². The predicted octanol–water partition coefficient (Wildman–Crippen LogP) is 6.02. The van der Waals surface area contributed by atoms with Gasteiger partial charge in [-0.25, -0.2) is 4.79 Å². The fraction of sp³-hybridized carbons (Fsp3) is 0.348. The van der Waals surface area contributed by atoms with E-state index in [2.05, 4.69) is 6.92 Å². The molecule has 0 aliphatic carbocycles. The van der Waals surface area contributed by atoms with Gasteiger partial charge >= 0.3 is 5.97 Å². The zero-order valence-corrected chi connectivity index (χ0v) is 15.1. The van der Waals surface area contributed by atoms with Crippen LogP contribution in [0.2, 0.25) is 0 Å². The molecule has 25 heavy (non-hydrogen) atoms. The van der Waals surface area contributed by atoms with E-state index in [4.69, 9.17) is 4.74 Å². The second-order valence-corrected chi connectivity index (χ2v) is 6.23. The molecule has 0 spiro atoms. The second kappa shape index (κ2) is 11.2. The molecule has 0 aliphatic rings. The maximum absolute atomic E-state index is 12.2. The lowest BCUT2D eigenvalue weighted by Gasteiger charge is -2.09. The Morgan fingerprint density at radius 3 is 1.88 bits per heavy atom. The van der Waals surface area contributed by atoms with Crippen LogP contribution in [0.1, 0.15) is 56.6 Å². The van der Waals surface area contributed by atoms with Crippen LogP contribution in [-0.4, -0.2) is 12.6 Å². The first-order chi connectivity index (χ1) is 12.3. The molecule has 0 aromatic heterocycles. The van der Waals surface area contributed by atoms with E-state index in [1.54, 1.807) is 6.08 Å². The van der Waals surface area contributed by atoms with E-state index < -0.39 is 0 Å². The third-order valence-electron chi connectivity index (χ3n) is 4.17. The molecule has 2 heteroatoms. The first-order valence-electron chi connectivity index (χ1n) is 9.30. The Kier molecular flexibility index (Phi) is 8.54. The summed E-state index contributed by atoms with van der Waals surface area (Å²) in [6, 6.07) is 19.9. The fourth-order valence-corrected chi connectivity index (χ4v) is 2.78. The Labute approximate surface area is 151 Å². The monoisotopic (exact) mass is 336 g/mol. The van der Waals surface area contributed by atoms with Gasteiger partial charge in [-0.2, -0.15) is 0 Å². The van der Waals surface area contributed by atoms with Crippen LogP contribution < -0.4 is 0 Å². The molecule has 0 saturated carbocycles. The first-order valence-corrected chi connectivity index (χ1v) is 9.30. The van der Waals surface area contributed by atoms with Crippen molar-refractivity contribution in [2.45, 2.75) is 45.4 Å². The highest BCUT2D eigenvalue weighted by atomic mass is 16.5. The van der Waals surface area contributed by atoms with Gasteiger partial charge in [0.2, 0.25) is 0 Å². The second-order valence-electron chi connectivity index (χ2n) is 6.23. The van der Waals surface area contributed by atoms with E-state index in [1.807, 2.05) is 60.7 Å². The molecule has 2 aromatic carbocycles. The van der Waals surface area contributed by atoms with Crippen LogP contribution in [0.4, 0.5) is 0 Å². The van der Waals surface area contributed by atoms with Gasteiger partial charge in [-0.05, 0) is 23.1 Å². The number of carbonyl (C=O) groups is 1. The highest BCUT2D eigenvalue weighted by Gasteiger charge is 2.08. The largest absolute Gasteiger partial charge is 0.463 e. The van der Waals surface area contributed by atoms with Crippen molar-refractivity contribution in [3.63, 3.8) is 0 Å². The molecule has 2 rings (SSSR count). The van der Waals surface area contributed by atoms with Crippen molar-refractivity contribution in [2.24, 2.45) is 0 Å². The van der Waals surface area contributed by atoms with Gasteiger partial charge < -0.3 is 4.74 Å². The van der Waals surface area contributed by atoms with Gasteiger partial charge in [0.1, 0.15) is 0 Å². The van der Waals surface area contributed by atoms with Crippen LogP contribution in [0.15, 0.2) is 66.7 Å². The number of rotatable bonds is 10. The summed E-state index contributed by atoms with van der Waals surface area (Å²) >= 11 is 0. The standard InChI is InChI=1S/C23H28O2/c1-2-3-4-5-6-13-18-25-23(24)19-22(20-14-9-7-10-15-20)21-16-11-8-12-17-21/h7-12,14-17,19H,2-6,13,18H2,1H3. The first kappa shape index (κ1) is 19.0. The SMILES string of the molecule is CCCCCCCCOC(=O)C=C(c1ccccc1)c1ccccc1. The van der Waals surface area contributed by atoms with Gasteiger partial charge in [-0.15, -0.1) is 0 Å². The van der Waals surface area contributed by atoms with Gasteiger partial charge in [-0.1, -0.05) is 99.7 Å². The molecule has 0 N–H and O–H groups in total. The molecular weight excluding hydrogens is 308 g/mol. The molecule has 132 valence electrons. The van der Waals surface area contributed by atoms with Crippen molar-refractivity contribution in [1.82, 2.24) is 0 Å². The van der Waals surface area contributed by atoms with E-state index in [1.165, 1.54) is 25.7 Å². The van der Waals surface area contributed by atoms with Gasteiger partial charge in [0, 0.05) is 6.08 Å². The van der Waals surface area contributed by atoms with Crippen LogP contribution in [0.3, 0.4) is 0 Å². The fourth-order valence-electron chi connectivity index (χ4n) is 2.78. The van der Waals surface area contributed by atoms with E-state index in [0.29, 0.717) is 6.61 Å². The summed E-state index contributed by atoms with van der Waals surface area (Å²) in [5, 5.41) is 0. The van der Waals surface area contributed by atoms with Crippen molar-refractivity contribution in [2.75, 3.05) is 6.61 Å². The zero-order valence-electron chi connectivity index (χ0n) is 15.1. The van der Waals surface area contributed by atoms with Crippen molar-refractivity contribution < 1.29 is 9.53 Å². The predicted molar refractivity (Wildman–Crippen MR) is 104 cm³/mol. The van der Waals surface area contributed by atoms with Gasteiger partial charge in [0.05, 0.1) is 6.61 Å². The summed E-state index contributed by atoms with van der Waals surface area (Å²) in [5.41, 5.74) is 2.93. The number of ether oxygens (including phenoxy) is 1. The maximum atomic E-state index is 12.2. The quantitative estimate of drug-likeness (QED) is 0.301. The Hall–Kier alpha value is -2.35. The molecule has 0 atom stereocenters. The third kappa shape index (κ3) is 6.96. The van der Waals surface area contributed by atoms with Crippen LogP contribution in [-0.2, 0) is 9.53 Å². The summed E-state index contributed by atoms with van der Waals surface area (Å²) < 4.78 is 5.41. The lowest BCUT2D eigenvalue weighted by atomic mass is 9.98. The topological polar surface area (TPSA) is 26.3 Å². The van der Waals surface area contributed by atoms with Crippen LogP contribution in [0.5, 0.6) is 0 Å². The molecular formula is C23H28O2. The smallest absolute Gasteiger partial charge is 0.331 e. The maximum Gasteiger partial charge on any atom is 0.331 e. The molecule has 0 aliphatic heterocycles. The Morgan fingerprint density at radius 2 is 1.32 bits per heavy atom. The number of hydrogen-bond donors (Lipinski definition) is 0. The molecule has 0 fully saturated rings. The van der Waals surface area contributed by atoms with E-state index in [0.717, 1.165) is 29.5 Å². The number of hydrogen-bond acceptors (Lipinski definition) is 2. The summed E-state index contributed by atoms with van der Waals surface area (Å²) in [5.74, 6) is -0.267. The minimum absolute atomic E-state index is 0.267.